The van der Waals surface area contributed by atoms with Crippen molar-refractivity contribution in [3.05, 3.63) is 33.2 Å². The molecule has 5 rings (SSSR count). The normalized spacial score (nSPS) is 15.8. The minimum atomic E-state index is -0.0502. The van der Waals surface area contributed by atoms with Crippen LogP contribution in [0.15, 0.2) is 17.2 Å². The van der Waals surface area contributed by atoms with Gasteiger partial charge in [-0.05, 0) is 58.2 Å². The number of aromatic amines is 1. The van der Waals surface area contributed by atoms with Gasteiger partial charge in [0.05, 0.1) is 17.3 Å². The maximum absolute atomic E-state index is 12.4. The van der Waals surface area contributed by atoms with Gasteiger partial charge in [0.15, 0.2) is 0 Å². The third kappa shape index (κ3) is 6.64. The Morgan fingerprint density at radius 3 is 2.52 bits per heavy atom. The number of H-pyrrole nitrogens is 1. The van der Waals surface area contributed by atoms with Crippen LogP contribution in [0, 0.1) is 0 Å². The highest BCUT2D eigenvalue weighted by atomic mass is 32.1. The summed E-state index contributed by atoms with van der Waals surface area (Å²) in [6, 6.07) is 0.888. The van der Waals surface area contributed by atoms with E-state index in [4.69, 9.17) is 4.79 Å². The van der Waals surface area contributed by atoms with Crippen LogP contribution in [0.1, 0.15) is 55.4 Å². The molecule has 3 aromatic heterocycles. The van der Waals surface area contributed by atoms with Gasteiger partial charge in [-0.1, -0.05) is 19.3 Å². The molecule has 0 aromatic carbocycles. The first-order valence-electron chi connectivity index (χ1n) is 11.5. The second-order valence-corrected chi connectivity index (χ2v) is 9.81. The minimum absolute atomic E-state index is 0.0502. The number of aryl methyl sites for hydroxylation is 3. The highest BCUT2D eigenvalue weighted by Gasteiger charge is 2.19. The van der Waals surface area contributed by atoms with Crippen LogP contribution in [0.3, 0.4) is 0 Å². The summed E-state index contributed by atoms with van der Waals surface area (Å²) in [6.07, 6.45) is 15.4. The molecule has 1 saturated carbocycles. The molecule has 0 radical (unpaired) electrons. The van der Waals surface area contributed by atoms with Crippen molar-refractivity contribution >= 4 is 39.6 Å². The van der Waals surface area contributed by atoms with Gasteiger partial charge >= 0.3 is 0 Å². The number of carbonyl (C=O) groups excluding carboxylic acids is 1. The average molecular weight is 474 g/mol. The van der Waals surface area contributed by atoms with E-state index in [9.17, 15) is 4.79 Å². The van der Waals surface area contributed by atoms with Gasteiger partial charge in [0.25, 0.3) is 5.56 Å². The lowest BCUT2D eigenvalue weighted by molar-refractivity contribution is -0.106. The lowest BCUT2D eigenvalue weighted by atomic mass is 9.95. The smallest absolute Gasteiger partial charge is 0.261 e. The van der Waals surface area contributed by atoms with Crippen molar-refractivity contribution in [3.8, 4) is 0 Å². The van der Waals surface area contributed by atoms with Crippen molar-refractivity contribution in [2.45, 2.75) is 63.8 Å². The molecule has 9 nitrogen and oxygen atoms in total. The van der Waals surface area contributed by atoms with E-state index in [0.29, 0.717) is 5.95 Å². The van der Waals surface area contributed by atoms with Gasteiger partial charge in [0.1, 0.15) is 4.83 Å². The molecule has 0 unspecified atom stereocenters. The van der Waals surface area contributed by atoms with Gasteiger partial charge in [-0.2, -0.15) is 5.10 Å². The van der Waals surface area contributed by atoms with E-state index in [-0.39, 0.29) is 12.0 Å². The molecule has 3 aromatic rings. The predicted octanol–water partition coefficient (Wildman–Crippen LogP) is 3.32. The van der Waals surface area contributed by atoms with E-state index in [1.807, 2.05) is 13.2 Å². The first-order chi connectivity index (χ1) is 15.9. The lowest BCUT2D eigenvalue weighted by Gasteiger charge is -2.27. The molecule has 0 saturated heterocycles. The van der Waals surface area contributed by atoms with Crippen LogP contribution < -0.4 is 16.6 Å². The van der Waals surface area contributed by atoms with Crippen LogP contribution in [0.5, 0.6) is 0 Å². The Morgan fingerprint density at radius 1 is 1.21 bits per heavy atom. The molecule has 0 spiro atoms. The maximum Gasteiger partial charge on any atom is 0.261 e. The van der Waals surface area contributed by atoms with Crippen LogP contribution in [0.25, 0.3) is 10.2 Å². The topological polar surface area (TPSA) is 122 Å². The third-order valence-electron chi connectivity index (χ3n) is 6.10. The van der Waals surface area contributed by atoms with Gasteiger partial charge in [0, 0.05) is 24.2 Å². The van der Waals surface area contributed by atoms with Crippen LogP contribution in [0.4, 0.5) is 11.6 Å². The molecule has 1 amide bonds. The average Bonchev–Trinajstić information content (AvgIpc) is 3.38. The second kappa shape index (κ2) is 11.9. The van der Waals surface area contributed by atoms with E-state index < -0.39 is 0 Å². The van der Waals surface area contributed by atoms with Gasteiger partial charge in [-0.25, -0.2) is 4.98 Å². The molecule has 0 bridgehead atoms. The Balaban J connectivity index is 0.000000214. The summed E-state index contributed by atoms with van der Waals surface area (Å²) in [5, 5.41) is 7.97. The summed E-state index contributed by atoms with van der Waals surface area (Å²) in [7, 11) is 6.23. The van der Waals surface area contributed by atoms with Crippen molar-refractivity contribution in [1.29, 1.82) is 0 Å². The van der Waals surface area contributed by atoms with Crippen LogP contribution in [-0.2, 0) is 24.7 Å². The minimum Gasteiger partial charge on any atom is -0.372 e. The Morgan fingerprint density at radius 2 is 1.91 bits per heavy atom. The fourth-order valence-corrected chi connectivity index (χ4v) is 5.71. The number of thiophene rings is 1. The van der Waals surface area contributed by atoms with Crippen molar-refractivity contribution < 1.29 is 4.79 Å². The molecule has 10 heteroatoms. The predicted molar refractivity (Wildman–Crippen MR) is 134 cm³/mol. The number of nitrogens with two attached hydrogens (primary N) is 1. The lowest BCUT2D eigenvalue weighted by Crippen LogP contribution is -2.29. The van der Waals surface area contributed by atoms with Crippen molar-refractivity contribution in [2.75, 3.05) is 19.4 Å². The molecule has 2 aliphatic rings. The standard InChI is InChI=1S/C14H15N5OS.C8H17N.CH3NO/c1-19-7-8(6-15-19)16-14-17-12(20)11-9-4-2-3-5-10(9)21-13(11)18-14;1-9(2)8-6-4-3-5-7-8;2-1-3/h6-7H,2-5H2,1H3,(H2,16,17,18,20);8H,3-7H2,1-2H3;1H,(H2,2,3). The summed E-state index contributed by atoms with van der Waals surface area (Å²) < 4.78 is 1.70. The number of rotatable bonds is 3. The maximum atomic E-state index is 12.4. The number of nitrogens with one attached hydrogen (secondary N) is 2. The summed E-state index contributed by atoms with van der Waals surface area (Å²) in [6.45, 7) is 0. The molecular formula is C23H35N7O2S. The van der Waals surface area contributed by atoms with Crippen molar-refractivity contribution in [1.82, 2.24) is 24.6 Å². The molecule has 1 fully saturated rings. The van der Waals surface area contributed by atoms with Gasteiger partial charge in [0.2, 0.25) is 12.4 Å². The Bertz CT molecular complexity index is 1100. The molecule has 4 N–H and O–H groups in total. The summed E-state index contributed by atoms with van der Waals surface area (Å²) in [4.78, 5) is 32.9. The summed E-state index contributed by atoms with van der Waals surface area (Å²) in [5.74, 6) is 0.471. The Labute approximate surface area is 198 Å². The van der Waals surface area contributed by atoms with Crippen LogP contribution in [0.2, 0.25) is 0 Å². The van der Waals surface area contributed by atoms with Crippen molar-refractivity contribution in [3.63, 3.8) is 0 Å². The van der Waals surface area contributed by atoms with Crippen molar-refractivity contribution in [2.24, 2.45) is 12.8 Å². The first kappa shape index (κ1) is 24.9. The highest BCUT2D eigenvalue weighted by molar-refractivity contribution is 7.18. The fraction of sp³-hybridized carbons (Fsp3) is 0.565. The van der Waals surface area contributed by atoms with Gasteiger partial charge < -0.3 is 16.0 Å². The second-order valence-electron chi connectivity index (χ2n) is 8.72. The summed E-state index contributed by atoms with van der Waals surface area (Å²) >= 11 is 1.65. The Kier molecular flexibility index (Phi) is 9.02. The molecule has 0 aliphatic heterocycles. The number of primary amides is 1. The van der Waals surface area contributed by atoms with E-state index in [1.165, 1.54) is 49.0 Å². The number of fused-ring (bicyclic) bond motifs is 3. The molecule has 180 valence electrons. The third-order valence-corrected chi connectivity index (χ3v) is 7.28. The van der Waals surface area contributed by atoms with E-state index in [1.54, 1.807) is 22.2 Å². The molecule has 33 heavy (non-hydrogen) atoms. The van der Waals surface area contributed by atoms with E-state index in [0.717, 1.165) is 41.2 Å². The van der Waals surface area contributed by atoms with Crippen LogP contribution >= 0.6 is 11.3 Å². The Hall–Kier alpha value is -2.72. The van der Waals surface area contributed by atoms with Gasteiger partial charge in [-0.15, -0.1) is 11.3 Å². The summed E-state index contributed by atoms with van der Waals surface area (Å²) in [5.41, 5.74) is 6.13. The fourth-order valence-electron chi connectivity index (χ4n) is 4.44. The molecular weight excluding hydrogens is 438 g/mol. The first-order valence-corrected chi connectivity index (χ1v) is 12.4. The monoisotopic (exact) mass is 473 g/mol. The number of carbonyl (C=O) groups is 1. The zero-order valence-corrected chi connectivity index (χ0v) is 20.6. The zero-order valence-electron chi connectivity index (χ0n) is 19.8. The number of hydrogen-bond acceptors (Lipinski definition) is 7. The zero-order chi connectivity index (χ0) is 23.8. The largest absolute Gasteiger partial charge is 0.372 e. The SMILES string of the molecule is CN(C)C1CCCCC1.Cn1cc(Nc2nc3sc4c(c3c(=O)[nH]2)CCCC4)cn1.NC=O. The van der Waals surface area contributed by atoms with Crippen LogP contribution in [-0.4, -0.2) is 51.2 Å². The van der Waals surface area contributed by atoms with Gasteiger partial charge in [-0.3, -0.25) is 19.3 Å². The number of hydrogen-bond donors (Lipinski definition) is 3. The number of amides is 1. The highest BCUT2D eigenvalue weighted by Crippen LogP contribution is 2.34. The number of anilines is 2. The number of nitrogens with zero attached hydrogens (tertiary/aromatic N) is 4. The molecule has 2 aliphatic carbocycles. The van der Waals surface area contributed by atoms with E-state index in [2.05, 4.69) is 45.1 Å². The molecule has 3 heterocycles. The quantitative estimate of drug-likeness (QED) is 0.502. The number of aromatic nitrogens is 4. The molecule has 0 atom stereocenters. The van der Waals surface area contributed by atoms with E-state index >= 15 is 0 Å².